The summed E-state index contributed by atoms with van der Waals surface area (Å²) in [6, 6.07) is 14.0. The van der Waals surface area contributed by atoms with Gasteiger partial charge in [-0.2, -0.15) is 0 Å². The van der Waals surface area contributed by atoms with E-state index in [-0.39, 0.29) is 11.9 Å². The molecule has 110 valence electrons. The quantitative estimate of drug-likeness (QED) is 0.887. The Bertz CT molecular complexity index is 592. The molecule has 2 unspecified atom stereocenters. The van der Waals surface area contributed by atoms with E-state index < -0.39 is 6.10 Å². The number of para-hydroxylation sites is 1. The predicted molar refractivity (Wildman–Crippen MR) is 78.8 cm³/mol. The van der Waals surface area contributed by atoms with E-state index in [1.54, 1.807) is 12.1 Å². The summed E-state index contributed by atoms with van der Waals surface area (Å²) in [6.45, 7) is 1.03. The molecular formula is C17H18FNO2. The molecule has 0 aromatic heterocycles. The molecule has 0 fully saturated rings. The summed E-state index contributed by atoms with van der Waals surface area (Å²) in [4.78, 5) is 0. The monoisotopic (exact) mass is 287 g/mol. The highest BCUT2D eigenvalue weighted by Crippen LogP contribution is 2.27. The van der Waals surface area contributed by atoms with Crippen LogP contribution in [0.4, 0.5) is 4.39 Å². The fraction of sp³-hybridized carbons (Fsp3) is 0.294. The summed E-state index contributed by atoms with van der Waals surface area (Å²) >= 11 is 0. The van der Waals surface area contributed by atoms with Crippen molar-refractivity contribution in [2.45, 2.75) is 18.6 Å². The third kappa shape index (κ3) is 3.40. The van der Waals surface area contributed by atoms with Gasteiger partial charge in [-0.05, 0) is 29.3 Å². The standard InChI is InChI=1S/C17H18FNO2/c18-14-6-3-5-12(8-14)16(20)11-19-10-15-9-13-4-1-2-7-17(13)21-15/h1-8,15-16,19-20H,9-11H2. The van der Waals surface area contributed by atoms with E-state index >= 15 is 0 Å². The van der Waals surface area contributed by atoms with Crippen LogP contribution in [0.15, 0.2) is 48.5 Å². The van der Waals surface area contributed by atoms with Crippen molar-refractivity contribution in [1.82, 2.24) is 5.32 Å². The first-order valence-corrected chi connectivity index (χ1v) is 7.11. The van der Waals surface area contributed by atoms with Crippen molar-refractivity contribution in [2.24, 2.45) is 0 Å². The van der Waals surface area contributed by atoms with Crippen LogP contribution in [0.25, 0.3) is 0 Å². The summed E-state index contributed by atoms with van der Waals surface area (Å²) in [6.07, 6.45) is 0.241. The minimum absolute atomic E-state index is 0.0853. The number of nitrogens with one attached hydrogen (secondary N) is 1. The maximum atomic E-state index is 13.1. The Morgan fingerprint density at radius 3 is 2.90 bits per heavy atom. The van der Waals surface area contributed by atoms with Crippen molar-refractivity contribution in [2.75, 3.05) is 13.1 Å². The van der Waals surface area contributed by atoms with Gasteiger partial charge in [-0.3, -0.25) is 0 Å². The second-order valence-electron chi connectivity index (χ2n) is 5.28. The molecule has 1 aliphatic heterocycles. The number of rotatable bonds is 5. The first kappa shape index (κ1) is 14.0. The highest BCUT2D eigenvalue weighted by Gasteiger charge is 2.22. The molecule has 0 radical (unpaired) electrons. The average Bonchev–Trinajstić information content (AvgIpc) is 2.89. The van der Waals surface area contributed by atoms with E-state index in [1.165, 1.54) is 17.7 Å². The Balaban J connectivity index is 1.47. The number of benzene rings is 2. The molecule has 1 heterocycles. The second kappa shape index (κ2) is 6.24. The zero-order valence-electron chi connectivity index (χ0n) is 11.6. The van der Waals surface area contributed by atoms with Gasteiger partial charge in [-0.1, -0.05) is 30.3 Å². The van der Waals surface area contributed by atoms with E-state index in [2.05, 4.69) is 11.4 Å². The van der Waals surface area contributed by atoms with Crippen molar-refractivity contribution in [3.05, 3.63) is 65.5 Å². The minimum atomic E-state index is -0.718. The molecule has 0 saturated carbocycles. The molecule has 21 heavy (non-hydrogen) atoms. The number of ether oxygens (including phenoxy) is 1. The Labute approximate surface area is 123 Å². The van der Waals surface area contributed by atoms with Gasteiger partial charge in [0.15, 0.2) is 0 Å². The summed E-state index contributed by atoms with van der Waals surface area (Å²) < 4.78 is 18.9. The lowest BCUT2D eigenvalue weighted by Gasteiger charge is -2.15. The van der Waals surface area contributed by atoms with Gasteiger partial charge in [0.05, 0.1) is 6.10 Å². The maximum absolute atomic E-state index is 13.1. The van der Waals surface area contributed by atoms with Crippen LogP contribution in [0.1, 0.15) is 17.2 Å². The maximum Gasteiger partial charge on any atom is 0.123 e. The van der Waals surface area contributed by atoms with Gasteiger partial charge >= 0.3 is 0 Å². The van der Waals surface area contributed by atoms with E-state index in [0.717, 1.165) is 12.2 Å². The molecule has 4 heteroatoms. The highest BCUT2D eigenvalue weighted by atomic mass is 19.1. The van der Waals surface area contributed by atoms with Crippen LogP contribution in [0.3, 0.4) is 0 Å². The Hall–Kier alpha value is -1.91. The molecule has 1 aliphatic rings. The Morgan fingerprint density at radius 2 is 2.10 bits per heavy atom. The van der Waals surface area contributed by atoms with Crippen LogP contribution in [0, 0.1) is 5.82 Å². The third-order valence-corrected chi connectivity index (χ3v) is 3.66. The fourth-order valence-corrected chi connectivity index (χ4v) is 2.58. The Morgan fingerprint density at radius 1 is 1.24 bits per heavy atom. The number of hydrogen-bond donors (Lipinski definition) is 2. The van der Waals surface area contributed by atoms with Crippen LogP contribution in [-0.4, -0.2) is 24.3 Å². The molecule has 3 nitrogen and oxygen atoms in total. The number of hydrogen-bond acceptors (Lipinski definition) is 3. The molecule has 0 spiro atoms. The largest absolute Gasteiger partial charge is 0.488 e. The lowest BCUT2D eigenvalue weighted by atomic mass is 10.1. The molecule has 0 aliphatic carbocycles. The van der Waals surface area contributed by atoms with Crippen molar-refractivity contribution >= 4 is 0 Å². The Kier molecular flexibility index (Phi) is 4.18. The van der Waals surface area contributed by atoms with E-state index in [4.69, 9.17) is 4.74 Å². The number of halogens is 1. The molecule has 2 aromatic rings. The molecule has 0 saturated heterocycles. The third-order valence-electron chi connectivity index (χ3n) is 3.66. The van der Waals surface area contributed by atoms with Crippen LogP contribution < -0.4 is 10.1 Å². The van der Waals surface area contributed by atoms with Gasteiger partial charge in [0.1, 0.15) is 17.7 Å². The number of aliphatic hydroxyl groups excluding tert-OH is 1. The van der Waals surface area contributed by atoms with Crippen LogP contribution >= 0.6 is 0 Å². The molecule has 0 amide bonds. The lowest BCUT2D eigenvalue weighted by molar-refractivity contribution is 0.163. The highest BCUT2D eigenvalue weighted by molar-refractivity contribution is 5.37. The van der Waals surface area contributed by atoms with Crippen molar-refractivity contribution in [3.63, 3.8) is 0 Å². The molecule has 3 rings (SSSR count). The van der Waals surface area contributed by atoms with Gasteiger partial charge in [0.25, 0.3) is 0 Å². The van der Waals surface area contributed by atoms with Crippen molar-refractivity contribution in [1.29, 1.82) is 0 Å². The zero-order valence-corrected chi connectivity index (χ0v) is 11.6. The normalized spacial score (nSPS) is 18.1. The molecule has 0 bridgehead atoms. The molecule has 2 atom stereocenters. The van der Waals surface area contributed by atoms with Gasteiger partial charge in [-0.25, -0.2) is 4.39 Å². The number of fused-ring (bicyclic) bond motifs is 1. The molecule has 2 N–H and O–H groups in total. The summed E-state index contributed by atoms with van der Waals surface area (Å²) in [7, 11) is 0. The van der Waals surface area contributed by atoms with Crippen molar-refractivity contribution < 1.29 is 14.2 Å². The van der Waals surface area contributed by atoms with Crippen LogP contribution in [0.2, 0.25) is 0 Å². The topological polar surface area (TPSA) is 41.5 Å². The average molecular weight is 287 g/mol. The summed E-state index contributed by atoms with van der Waals surface area (Å²) in [5.41, 5.74) is 1.80. The van der Waals surface area contributed by atoms with Crippen LogP contribution in [-0.2, 0) is 6.42 Å². The van der Waals surface area contributed by atoms with Gasteiger partial charge in [0, 0.05) is 19.5 Å². The lowest BCUT2D eigenvalue weighted by Crippen LogP contribution is -2.32. The first-order chi connectivity index (χ1) is 10.2. The zero-order chi connectivity index (χ0) is 14.7. The second-order valence-corrected chi connectivity index (χ2v) is 5.28. The molecular weight excluding hydrogens is 269 g/mol. The summed E-state index contributed by atoms with van der Waals surface area (Å²) in [5, 5.41) is 13.2. The number of aliphatic hydroxyl groups is 1. The van der Waals surface area contributed by atoms with Gasteiger partial charge < -0.3 is 15.2 Å². The molecule has 2 aromatic carbocycles. The fourth-order valence-electron chi connectivity index (χ4n) is 2.58. The van der Waals surface area contributed by atoms with E-state index in [9.17, 15) is 9.50 Å². The van der Waals surface area contributed by atoms with Gasteiger partial charge in [-0.15, -0.1) is 0 Å². The predicted octanol–water partition coefficient (Wildman–Crippen LogP) is 2.45. The minimum Gasteiger partial charge on any atom is -0.488 e. The summed E-state index contributed by atoms with van der Waals surface area (Å²) in [5.74, 6) is 0.608. The van der Waals surface area contributed by atoms with Crippen molar-refractivity contribution in [3.8, 4) is 5.75 Å². The SMILES string of the molecule is OC(CNCC1Cc2ccccc2O1)c1cccc(F)c1. The first-order valence-electron chi connectivity index (χ1n) is 7.11. The van der Waals surface area contributed by atoms with Gasteiger partial charge in [0.2, 0.25) is 0 Å². The smallest absolute Gasteiger partial charge is 0.123 e. The van der Waals surface area contributed by atoms with Crippen LogP contribution in [0.5, 0.6) is 5.75 Å². The van der Waals surface area contributed by atoms with E-state index in [0.29, 0.717) is 18.7 Å². The van der Waals surface area contributed by atoms with E-state index in [1.807, 2.05) is 18.2 Å².